The van der Waals surface area contributed by atoms with Crippen molar-refractivity contribution in [1.82, 2.24) is 4.90 Å². The van der Waals surface area contributed by atoms with Crippen LogP contribution in [0.1, 0.15) is 27.4 Å². The van der Waals surface area contributed by atoms with Crippen LogP contribution in [0.3, 0.4) is 0 Å². The predicted octanol–water partition coefficient (Wildman–Crippen LogP) is 1.97. The van der Waals surface area contributed by atoms with Gasteiger partial charge in [-0.25, -0.2) is 8.42 Å². The van der Waals surface area contributed by atoms with Crippen molar-refractivity contribution in [2.75, 3.05) is 19.3 Å². The van der Waals surface area contributed by atoms with Crippen LogP contribution >= 0.6 is 0 Å². The van der Waals surface area contributed by atoms with Crippen molar-refractivity contribution in [2.24, 2.45) is 5.73 Å². The average Bonchev–Trinajstić information content (AvgIpc) is 2.96. The van der Waals surface area contributed by atoms with Gasteiger partial charge in [-0.15, -0.1) is 0 Å². The molecule has 0 radical (unpaired) electrons. The largest absolute Gasteiger partial charge is 0.336 e. The summed E-state index contributed by atoms with van der Waals surface area (Å²) in [6.45, 7) is 2.80. The molecule has 1 fully saturated rings. The number of carbonyl (C=O) groups excluding carboxylic acids is 1. The Balaban J connectivity index is 1.87. The molecule has 3 rings (SSSR count). The lowest BCUT2D eigenvalue weighted by atomic mass is 9.95. The summed E-state index contributed by atoms with van der Waals surface area (Å²) in [5, 5.41) is 0. The highest BCUT2D eigenvalue weighted by atomic mass is 32.2. The van der Waals surface area contributed by atoms with Gasteiger partial charge >= 0.3 is 0 Å². The number of nitrogens with two attached hydrogens (primary N) is 1. The maximum atomic E-state index is 12.9. The summed E-state index contributed by atoms with van der Waals surface area (Å²) in [6.07, 6.45) is 1.14. The van der Waals surface area contributed by atoms with Crippen LogP contribution in [-0.4, -0.2) is 44.6 Å². The van der Waals surface area contributed by atoms with Gasteiger partial charge in [-0.05, 0) is 30.2 Å². The molecule has 1 heterocycles. The molecule has 0 unspecified atom stereocenters. The van der Waals surface area contributed by atoms with E-state index in [9.17, 15) is 13.2 Å². The van der Waals surface area contributed by atoms with E-state index in [0.717, 1.165) is 17.4 Å². The monoisotopic (exact) mass is 358 g/mol. The molecule has 25 heavy (non-hydrogen) atoms. The van der Waals surface area contributed by atoms with E-state index < -0.39 is 9.84 Å². The molecule has 132 valence electrons. The minimum Gasteiger partial charge on any atom is -0.336 e. The van der Waals surface area contributed by atoms with Gasteiger partial charge in [0.2, 0.25) is 0 Å². The number of hydrogen-bond donors (Lipinski definition) is 1. The molecule has 0 aromatic heterocycles. The maximum absolute atomic E-state index is 12.9. The lowest BCUT2D eigenvalue weighted by Crippen LogP contribution is -2.32. The Kier molecular flexibility index (Phi) is 4.67. The number of rotatable bonds is 3. The van der Waals surface area contributed by atoms with Crippen molar-refractivity contribution in [1.29, 1.82) is 0 Å². The van der Waals surface area contributed by atoms with Crippen molar-refractivity contribution in [3.63, 3.8) is 0 Å². The van der Waals surface area contributed by atoms with E-state index in [4.69, 9.17) is 5.73 Å². The van der Waals surface area contributed by atoms with Crippen LogP contribution in [0.25, 0.3) is 0 Å². The maximum Gasteiger partial charge on any atom is 0.254 e. The van der Waals surface area contributed by atoms with Crippen molar-refractivity contribution < 1.29 is 13.2 Å². The first-order chi connectivity index (χ1) is 11.8. The molecule has 2 aromatic carbocycles. The van der Waals surface area contributed by atoms with E-state index in [1.807, 2.05) is 37.3 Å². The predicted molar refractivity (Wildman–Crippen MR) is 97.4 cm³/mol. The van der Waals surface area contributed by atoms with Crippen molar-refractivity contribution in [3.05, 3.63) is 65.2 Å². The van der Waals surface area contributed by atoms with Gasteiger partial charge in [-0.1, -0.05) is 36.4 Å². The average molecular weight is 358 g/mol. The van der Waals surface area contributed by atoms with Crippen LogP contribution in [-0.2, 0) is 9.84 Å². The zero-order valence-electron chi connectivity index (χ0n) is 14.3. The number of benzene rings is 2. The fourth-order valence-corrected chi connectivity index (χ4v) is 3.93. The fraction of sp³-hybridized carbons (Fsp3) is 0.316. The summed E-state index contributed by atoms with van der Waals surface area (Å²) < 4.78 is 23.6. The van der Waals surface area contributed by atoms with Gasteiger partial charge in [-0.2, -0.15) is 0 Å². The van der Waals surface area contributed by atoms with E-state index >= 15 is 0 Å². The molecule has 1 aliphatic heterocycles. The molecule has 0 saturated carbocycles. The molecule has 2 atom stereocenters. The Morgan fingerprint density at radius 1 is 1.12 bits per heavy atom. The van der Waals surface area contributed by atoms with Gasteiger partial charge in [0.1, 0.15) is 0 Å². The van der Waals surface area contributed by atoms with Gasteiger partial charge in [0.15, 0.2) is 9.84 Å². The van der Waals surface area contributed by atoms with E-state index in [2.05, 4.69) is 0 Å². The number of nitrogens with zero attached hydrogens (tertiary/aromatic N) is 1. The Morgan fingerprint density at radius 3 is 2.44 bits per heavy atom. The topological polar surface area (TPSA) is 80.5 Å². The normalized spacial score (nSPS) is 20.7. The van der Waals surface area contributed by atoms with Crippen LogP contribution < -0.4 is 5.73 Å². The first kappa shape index (κ1) is 17.6. The van der Waals surface area contributed by atoms with Gasteiger partial charge in [0.25, 0.3) is 5.91 Å². The van der Waals surface area contributed by atoms with Gasteiger partial charge in [0.05, 0.1) is 4.90 Å². The van der Waals surface area contributed by atoms with Gasteiger partial charge in [0, 0.05) is 36.9 Å². The smallest absolute Gasteiger partial charge is 0.254 e. The highest BCUT2D eigenvalue weighted by molar-refractivity contribution is 7.90. The summed E-state index contributed by atoms with van der Waals surface area (Å²) in [7, 11) is -3.36. The molecular formula is C19H22N2O3S. The molecule has 0 bridgehead atoms. The highest BCUT2D eigenvalue weighted by Crippen LogP contribution is 2.28. The molecule has 5 nitrogen and oxygen atoms in total. The first-order valence-electron chi connectivity index (χ1n) is 8.18. The molecule has 1 aliphatic rings. The van der Waals surface area contributed by atoms with Crippen LogP contribution in [0, 0.1) is 6.92 Å². The molecule has 0 aliphatic carbocycles. The van der Waals surface area contributed by atoms with Crippen LogP contribution in [0.4, 0.5) is 0 Å². The number of hydrogen-bond acceptors (Lipinski definition) is 4. The molecule has 0 spiro atoms. The molecule has 1 saturated heterocycles. The zero-order valence-corrected chi connectivity index (χ0v) is 15.2. The minimum atomic E-state index is -3.36. The Bertz CT molecular complexity index is 894. The van der Waals surface area contributed by atoms with E-state index in [1.165, 1.54) is 12.1 Å². The lowest BCUT2D eigenvalue weighted by molar-refractivity contribution is 0.0788. The summed E-state index contributed by atoms with van der Waals surface area (Å²) in [5.41, 5.74) is 8.56. The second-order valence-electron chi connectivity index (χ2n) is 6.64. The third-order valence-corrected chi connectivity index (χ3v) is 5.86. The number of aryl methyl sites for hydroxylation is 1. The molecule has 1 amide bonds. The number of likely N-dealkylation sites (tertiary alicyclic amines) is 1. The van der Waals surface area contributed by atoms with E-state index in [1.54, 1.807) is 11.0 Å². The zero-order chi connectivity index (χ0) is 18.2. The first-order valence-corrected chi connectivity index (χ1v) is 10.1. The number of amides is 1. The molecule has 2 N–H and O–H groups in total. The second kappa shape index (κ2) is 6.61. The standard InChI is InChI=1S/C19H22N2O3S/c1-13-8-9-15(25(2,23)24)10-16(13)19(22)21-11-17(18(20)12-21)14-6-4-3-5-7-14/h3-10,17-18H,11-12,20H2,1-2H3/t17-,18+/m0/s1. The Morgan fingerprint density at radius 2 is 1.80 bits per heavy atom. The summed E-state index contributed by atoms with van der Waals surface area (Å²) >= 11 is 0. The second-order valence-corrected chi connectivity index (χ2v) is 8.66. The molecular weight excluding hydrogens is 336 g/mol. The molecule has 2 aromatic rings. The summed E-state index contributed by atoms with van der Waals surface area (Å²) in [6, 6.07) is 14.5. The van der Waals surface area contributed by atoms with Crippen LogP contribution in [0.5, 0.6) is 0 Å². The fourth-order valence-electron chi connectivity index (χ4n) is 3.28. The third-order valence-electron chi connectivity index (χ3n) is 4.75. The molecule has 6 heteroatoms. The number of sulfone groups is 1. The lowest BCUT2D eigenvalue weighted by Gasteiger charge is -2.18. The Labute approximate surface area is 148 Å². The SMILES string of the molecule is Cc1ccc(S(C)(=O)=O)cc1C(=O)N1C[C@@H](N)[C@H](c2ccccc2)C1. The number of carbonyl (C=O) groups is 1. The quantitative estimate of drug-likeness (QED) is 0.910. The van der Waals surface area contributed by atoms with Crippen LogP contribution in [0.15, 0.2) is 53.4 Å². The van der Waals surface area contributed by atoms with Crippen molar-refractivity contribution >= 4 is 15.7 Å². The Hall–Kier alpha value is -2.18. The van der Waals surface area contributed by atoms with Crippen molar-refractivity contribution in [3.8, 4) is 0 Å². The van der Waals surface area contributed by atoms with E-state index in [0.29, 0.717) is 18.7 Å². The summed E-state index contributed by atoms with van der Waals surface area (Å²) in [4.78, 5) is 14.8. The highest BCUT2D eigenvalue weighted by Gasteiger charge is 2.34. The van der Waals surface area contributed by atoms with Crippen molar-refractivity contribution in [2.45, 2.75) is 23.8 Å². The van der Waals surface area contributed by atoms with Gasteiger partial charge < -0.3 is 10.6 Å². The van der Waals surface area contributed by atoms with Gasteiger partial charge in [-0.3, -0.25) is 4.79 Å². The van der Waals surface area contributed by atoms with Crippen LogP contribution in [0.2, 0.25) is 0 Å². The summed E-state index contributed by atoms with van der Waals surface area (Å²) in [5.74, 6) is -0.0829. The van der Waals surface area contributed by atoms with E-state index in [-0.39, 0.29) is 22.8 Å². The minimum absolute atomic E-state index is 0.0866. The third kappa shape index (κ3) is 3.60.